The lowest BCUT2D eigenvalue weighted by atomic mass is 10.1. The standard InChI is InChI=1S/C11H9N5O/c12-11-15-9(5-13-16-11)6-1-2-8-7(3-6)4-10(17)14-8/h1-3,5H,4H2,(H,14,17)(H2,12,15,16). The van der Waals surface area contributed by atoms with Crippen molar-refractivity contribution in [2.45, 2.75) is 6.42 Å². The summed E-state index contributed by atoms with van der Waals surface area (Å²) in [6, 6.07) is 5.64. The number of benzene rings is 1. The Morgan fingerprint density at radius 2 is 2.24 bits per heavy atom. The Kier molecular flexibility index (Phi) is 2.01. The molecule has 1 aromatic carbocycles. The van der Waals surface area contributed by atoms with Gasteiger partial charge in [-0.05, 0) is 17.7 Å². The van der Waals surface area contributed by atoms with Crippen molar-refractivity contribution in [3.8, 4) is 11.3 Å². The van der Waals surface area contributed by atoms with E-state index in [1.54, 1.807) is 6.20 Å². The molecule has 0 bridgehead atoms. The van der Waals surface area contributed by atoms with Crippen LogP contribution in [0.2, 0.25) is 0 Å². The minimum absolute atomic E-state index is 0.0116. The molecule has 0 saturated heterocycles. The van der Waals surface area contributed by atoms with Gasteiger partial charge in [0.05, 0.1) is 18.3 Å². The summed E-state index contributed by atoms with van der Waals surface area (Å²) in [4.78, 5) is 15.3. The lowest BCUT2D eigenvalue weighted by Gasteiger charge is -2.03. The van der Waals surface area contributed by atoms with Gasteiger partial charge >= 0.3 is 0 Å². The first-order valence-electron chi connectivity index (χ1n) is 5.11. The SMILES string of the molecule is Nc1nncc(-c2ccc3c(c2)CC(=O)N3)n1. The third-order valence-electron chi connectivity index (χ3n) is 2.60. The molecule has 6 heteroatoms. The third-order valence-corrected chi connectivity index (χ3v) is 2.60. The minimum atomic E-state index is 0.0116. The molecule has 1 aromatic heterocycles. The van der Waals surface area contributed by atoms with Crippen molar-refractivity contribution in [3.63, 3.8) is 0 Å². The number of amides is 1. The highest BCUT2D eigenvalue weighted by atomic mass is 16.1. The number of nitrogens with zero attached hydrogens (tertiary/aromatic N) is 3. The molecule has 0 spiro atoms. The molecule has 2 heterocycles. The summed E-state index contributed by atoms with van der Waals surface area (Å²) in [7, 11) is 0. The quantitative estimate of drug-likeness (QED) is 0.744. The average molecular weight is 227 g/mol. The van der Waals surface area contributed by atoms with Gasteiger partial charge < -0.3 is 11.1 Å². The van der Waals surface area contributed by atoms with Gasteiger partial charge in [0.1, 0.15) is 0 Å². The molecular weight excluding hydrogens is 218 g/mol. The van der Waals surface area contributed by atoms with Gasteiger partial charge in [0.2, 0.25) is 11.9 Å². The van der Waals surface area contributed by atoms with E-state index >= 15 is 0 Å². The molecule has 3 rings (SSSR count). The molecule has 0 saturated carbocycles. The lowest BCUT2D eigenvalue weighted by molar-refractivity contribution is -0.115. The maximum absolute atomic E-state index is 11.2. The molecule has 3 N–H and O–H groups in total. The topological polar surface area (TPSA) is 93.8 Å². The van der Waals surface area contributed by atoms with E-state index in [4.69, 9.17) is 5.73 Å². The molecule has 84 valence electrons. The van der Waals surface area contributed by atoms with E-state index in [1.165, 1.54) is 0 Å². The van der Waals surface area contributed by atoms with Crippen LogP contribution in [0.4, 0.5) is 11.6 Å². The van der Waals surface area contributed by atoms with Crippen LogP contribution in [-0.2, 0) is 11.2 Å². The van der Waals surface area contributed by atoms with Crippen molar-refractivity contribution in [2.24, 2.45) is 0 Å². The summed E-state index contributed by atoms with van der Waals surface area (Å²) in [6.07, 6.45) is 1.94. The number of aromatic nitrogens is 3. The average Bonchev–Trinajstić information content (AvgIpc) is 2.68. The molecular formula is C11H9N5O. The molecule has 17 heavy (non-hydrogen) atoms. The van der Waals surface area contributed by atoms with E-state index in [-0.39, 0.29) is 11.9 Å². The Bertz CT molecular complexity index is 611. The van der Waals surface area contributed by atoms with Crippen LogP contribution in [0.1, 0.15) is 5.56 Å². The highest BCUT2D eigenvalue weighted by molar-refractivity contribution is 5.99. The first-order valence-corrected chi connectivity index (χ1v) is 5.11. The van der Waals surface area contributed by atoms with E-state index in [0.29, 0.717) is 12.1 Å². The minimum Gasteiger partial charge on any atom is -0.366 e. The molecule has 0 unspecified atom stereocenters. The van der Waals surface area contributed by atoms with E-state index in [0.717, 1.165) is 16.8 Å². The molecule has 0 atom stereocenters. The number of hydrogen-bond acceptors (Lipinski definition) is 5. The molecule has 1 aliphatic rings. The summed E-state index contributed by atoms with van der Waals surface area (Å²) in [5.74, 6) is 0.148. The number of anilines is 2. The third kappa shape index (κ3) is 1.69. The van der Waals surface area contributed by atoms with E-state index in [2.05, 4.69) is 20.5 Å². The first kappa shape index (κ1) is 9.71. The first-order chi connectivity index (χ1) is 8.22. The largest absolute Gasteiger partial charge is 0.366 e. The predicted molar refractivity (Wildman–Crippen MR) is 62.0 cm³/mol. The second-order valence-corrected chi connectivity index (χ2v) is 3.80. The Labute approximate surface area is 96.9 Å². The van der Waals surface area contributed by atoms with Crippen LogP contribution in [0.15, 0.2) is 24.4 Å². The fourth-order valence-electron chi connectivity index (χ4n) is 1.85. The number of nitrogens with two attached hydrogens (primary N) is 1. The molecule has 2 aromatic rings. The van der Waals surface area contributed by atoms with E-state index in [9.17, 15) is 4.79 Å². The van der Waals surface area contributed by atoms with Crippen LogP contribution >= 0.6 is 0 Å². The normalized spacial score (nSPS) is 13.3. The molecule has 1 aliphatic heterocycles. The van der Waals surface area contributed by atoms with Gasteiger partial charge in [-0.15, -0.1) is 5.10 Å². The van der Waals surface area contributed by atoms with Gasteiger partial charge in [0.25, 0.3) is 0 Å². The Morgan fingerprint density at radius 1 is 1.35 bits per heavy atom. The molecule has 1 amide bonds. The van der Waals surface area contributed by atoms with Gasteiger partial charge in [-0.3, -0.25) is 4.79 Å². The van der Waals surface area contributed by atoms with E-state index in [1.807, 2.05) is 18.2 Å². The van der Waals surface area contributed by atoms with Crippen molar-refractivity contribution in [2.75, 3.05) is 11.1 Å². The number of rotatable bonds is 1. The fraction of sp³-hybridized carbons (Fsp3) is 0.0909. The fourth-order valence-corrected chi connectivity index (χ4v) is 1.85. The van der Waals surface area contributed by atoms with Crippen molar-refractivity contribution in [1.29, 1.82) is 0 Å². The second-order valence-electron chi connectivity index (χ2n) is 3.80. The van der Waals surface area contributed by atoms with Gasteiger partial charge in [-0.2, -0.15) is 5.10 Å². The summed E-state index contributed by atoms with van der Waals surface area (Å²) in [5, 5.41) is 10.1. The van der Waals surface area contributed by atoms with Crippen molar-refractivity contribution in [3.05, 3.63) is 30.0 Å². The van der Waals surface area contributed by atoms with Crippen LogP contribution in [0.25, 0.3) is 11.3 Å². The van der Waals surface area contributed by atoms with Crippen LogP contribution in [0, 0.1) is 0 Å². The van der Waals surface area contributed by atoms with Crippen LogP contribution in [0.3, 0.4) is 0 Å². The zero-order valence-electron chi connectivity index (χ0n) is 8.84. The monoisotopic (exact) mass is 227 g/mol. The van der Waals surface area contributed by atoms with Gasteiger partial charge in [0.15, 0.2) is 0 Å². The van der Waals surface area contributed by atoms with Crippen LogP contribution < -0.4 is 11.1 Å². The summed E-state index contributed by atoms with van der Waals surface area (Å²) in [5.41, 5.74) is 8.83. The highest BCUT2D eigenvalue weighted by Crippen LogP contribution is 2.27. The summed E-state index contributed by atoms with van der Waals surface area (Å²) >= 11 is 0. The maximum atomic E-state index is 11.2. The van der Waals surface area contributed by atoms with Gasteiger partial charge in [0, 0.05) is 11.3 Å². The Balaban J connectivity index is 2.06. The number of carbonyl (C=O) groups excluding carboxylic acids is 1. The number of nitrogens with one attached hydrogen (secondary N) is 1. The molecule has 0 radical (unpaired) electrons. The smallest absolute Gasteiger partial charge is 0.240 e. The molecule has 6 nitrogen and oxygen atoms in total. The van der Waals surface area contributed by atoms with Crippen LogP contribution in [-0.4, -0.2) is 21.1 Å². The molecule has 0 fully saturated rings. The Hall–Kier alpha value is -2.50. The maximum Gasteiger partial charge on any atom is 0.240 e. The zero-order chi connectivity index (χ0) is 11.8. The summed E-state index contributed by atoms with van der Waals surface area (Å²) < 4.78 is 0. The Morgan fingerprint density at radius 3 is 3.06 bits per heavy atom. The number of nitrogen functional groups attached to an aromatic ring is 1. The van der Waals surface area contributed by atoms with Crippen molar-refractivity contribution >= 4 is 17.5 Å². The molecule has 0 aliphatic carbocycles. The summed E-state index contributed by atoms with van der Waals surface area (Å²) in [6.45, 7) is 0. The van der Waals surface area contributed by atoms with Crippen LogP contribution in [0.5, 0.6) is 0 Å². The van der Waals surface area contributed by atoms with Gasteiger partial charge in [-0.25, -0.2) is 4.98 Å². The predicted octanol–water partition coefficient (Wildman–Crippen LogP) is 0.615. The van der Waals surface area contributed by atoms with Crippen molar-refractivity contribution in [1.82, 2.24) is 15.2 Å². The second kappa shape index (κ2) is 3.51. The number of hydrogen-bond donors (Lipinski definition) is 2. The van der Waals surface area contributed by atoms with E-state index < -0.39 is 0 Å². The lowest BCUT2D eigenvalue weighted by Crippen LogP contribution is -2.03. The number of fused-ring (bicyclic) bond motifs is 1. The number of carbonyl (C=O) groups is 1. The van der Waals surface area contributed by atoms with Crippen molar-refractivity contribution < 1.29 is 4.79 Å². The van der Waals surface area contributed by atoms with Gasteiger partial charge in [-0.1, -0.05) is 6.07 Å². The zero-order valence-corrected chi connectivity index (χ0v) is 8.84. The highest BCUT2D eigenvalue weighted by Gasteiger charge is 2.18.